The van der Waals surface area contributed by atoms with Gasteiger partial charge in [-0.2, -0.15) is 0 Å². The Balaban J connectivity index is 2.43. The van der Waals surface area contributed by atoms with Crippen LogP contribution < -0.4 is 5.32 Å². The summed E-state index contributed by atoms with van der Waals surface area (Å²) in [5.41, 5.74) is -0.133. The summed E-state index contributed by atoms with van der Waals surface area (Å²) in [7, 11) is 0. The second-order valence-corrected chi connectivity index (χ2v) is 3.16. The minimum Gasteiger partial charge on any atom is -0.481 e. The van der Waals surface area contributed by atoms with E-state index < -0.39 is 5.97 Å². The molecule has 3 nitrogen and oxygen atoms in total. The van der Waals surface area contributed by atoms with Crippen molar-refractivity contribution < 1.29 is 9.90 Å². The number of carboxylic acids is 1. The standard InChI is InChI=1S/C7H13NO2/c1-7(5-6(9)10)3-2-4-8-7/h8H,2-5H2,1H3,(H,9,10). The molecule has 0 aromatic heterocycles. The molecule has 0 aromatic carbocycles. The Kier molecular flexibility index (Phi) is 1.94. The Morgan fingerprint density at radius 3 is 2.90 bits per heavy atom. The van der Waals surface area contributed by atoms with Gasteiger partial charge in [-0.1, -0.05) is 0 Å². The average Bonchev–Trinajstić information content (AvgIpc) is 2.12. The maximum absolute atomic E-state index is 10.3. The van der Waals surface area contributed by atoms with Crippen molar-refractivity contribution in [3.8, 4) is 0 Å². The Morgan fingerprint density at radius 2 is 2.50 bits per heavy atom. The van der Waals surface area contributed by atoms with Crippen LogP contribution in [0.15, 0.2) is 0 Å². The largest absolute Gasteiger partial charge is 0.481 e. The number of hydrogen-bond acceptors (Lipinski definition) is 2. The third-order valence-corrected chi connectivity index (χ3v) is 2.00. The van der Waals surface area contributed by atoms with Crippen LogP contribution in [0, 0.1) is 0 Å². The van der Waals surface area contributed by atoms with Gasteiger partial charge >= 0.3 is 5.97 Å². The summed E-state index contributed by atoms with van der Waals surface area (Å²) in [6, 6.07) is 0. The van der Waals surface area contributed by atoms with Crippen LogP contribution in [0.3, 0.4) is 0 Å². The molecule has 1 unspecified atom stereocenters. The molecule has 1 aliphatic rings. The molecule has 1 rings (SSSR count). The SMILES string of the molecule is CC1(CC(=O)O)CCCN1. The lowest BCUT2D eigenvalue weighted by molar-refractivity contribution is -0.138. The van der Waals surface area contributed by atoms with Crippen LogP contribution in [0.2, 0.25) is 0 Å². The van der Waals surface area contributed by atoms with Crippen molar-refractivity contribution in [1.82, 2.24) is 5.32 Å². The van der Waals surface area contributed by atoms with E-state index in [-0.39, 0.29) is 12.0 Å². The molecule has 0 aliphatic carbocycles. The van der Waals surface area contributed by atoms with Crippen molar-refractivity contribution in [2.45, 2.75) is 31.7 Å². The van der Waals surface area contributed by atoms with Gasteiger partial charge in [0.25, 0.3) is 0 Å². The first kappa shape index (κ1) is 7.54. The summed E-state index contributed by atoms with van der Waals surface area (Å²) in [5.74, 6) is -0.711. The predicted octanol–water partition coefficient (Wildman–Crippen LogP) is 0.603. The van der Waals surface area contributed by atoms with Gasteiger partial charge in [0.1, 0.15) is 0 Å². The number of carbonyl (C=O) groups is 1. The Morgan fingerprint density at radius 1 is 1.80 bits per heavy atom. The minimum absolute atomic E-state index is 0.133. The molecule has 3 heteroatoms. The maximum atomic E-state index is 10.3. The van der Waals surface area contributed by atoms with E-state index in [4.69, 9.17) is 5.11 Å². The van der Waals surface area contributed by atoms with Gasteiger partial charge < -0.3 is 10.4 Å². The molecule has 2 N–H and O–H groups in total. The van der Waals surface area contributed by atoms with Crippen LogP contribution in [0.5, 0.6) is 0 Å². The van der Waals surface area contributed by atoms with Crippen LogP contribution in [0.25, 0.3) is 0 Å². The molecular formula is C7H13NO2. The molecule has 0 aromatic rings. The molecule has 0 radical (unpaired) electrons. The zero-order chi connectivity index (χ0) is 7.61. The van der Waals surface area contributed by atoms with E-state index in [1.54, 1.807) is 0 Å². The Labute approximate surface area is 60.4 Å². The summed E-state index contributed by atoms with van der Waals surface area (Å²) in [5, 5.41) is 11.7. The summed E-state index contributed by atoms with van der Waals surface area (Å²) in [4.78, 5) is 10.3. The lowest BCUT2D eigenvalue weighted by Crippen LogP contribution is -2.38. The maximum Gasteiger partial charge on any atom is 0.305 e. The fraction of sp³-hybridized carbons (Fsp3) is 0.857. The molecule has 0 amide bonds. The van der Waals surface area contributed by atoms with Gasteiger partial charge in [-0.25, -0.2) is 0 Å². The summed E-state index contributed by atoms with van der Waals surface area (Å²) < 4.78 is 0. The van der Waals surface area contributed by atoms with Crippen molar-refractivity contribution in [2.75, 3.05) is 6.54 Å². The molecule has 58 valence electrons. The third-order valence-electron chi connectivity index (χ3n) is 2.00. The third kappa shape index (κ3) is 1.70. The lowest BCUT2D eigenvalue weighted by atomic mass is 9.96. The molecule has 10 heavy (non-hydrogen) atoms. The summed E-state index contributed by atoms with van der Waals surface area (Å²) >= 11 is 0. The van der Waals surface area contributed by atoms with Gasteiger partial charge in [0, 0.05) is 5.54 Å². The van der Waals surface area contributed by atoms with Crippen LogP contribution in [0.1, 0.15) is 26.2 Å². The van der Waals surface area contributed by atoms with E-state index in [1.165, 1.54) is 0 Å². The lowest BCUT2D eigenvalue weighted by Gasteiger charge is -2.21. The van der Waals surface area contributed by atoms with E-state index in [0.29, 0.717) is 0 Å². The fourth-order valence-corrected chi connectivity index (χ4v) is 1.44. The molecule has 1 heterocycles. The monoisotopic (exact) mass is 143 g/mol. The summed E-state index contributed by atoms with van der Waals surface area (Å²) in [6.07, 6.45) is 2.33. The Hall–Kier alpha value is -0.570. The van der Waals surface area contributed by atoms with E-state index in [0.717, 1.165) is 19.4 Å². The van der Waals surface area contributed by atoms with Crippen LogP contribution >= 0.6 is 0 Å². The van der Waals surface area contributed by atoms with Gasteiger partial charge in [-0.3, -0.25) is 4.79 Å². The van der Waals surface area contributed by atoms with E-state index in [2.05, 4.69) is 5.32 Å². The molecule has 0 spiro atoms. The smallest absolute Gasteiger partial charge is 0.305 e. The average molecular weight is 143 g/mol. The zero-order valence-corrected chi connectivity index (χ0v) is 6.18. The topological polar surface area (TPSA) is 49.3 Å². The fourth-order valence-electron chi connectivity index (χ4n) is 1.44. The second kappa shape index (κ2) is 2.58. The van der Waals surface area contributed by atoms with Crippen molar-refractivity contribution >= 4 is 5.97 Å². The van der Waals surface area contributed by atoms with Gasteiger partial charge in [0.2, 0.25) is 0 Å². The van der Waals surface area contributed by atoms with Gasteiger partial charge in [-0.15, -0.1) is 0 Å². The highest BCUT2D eigenvalue weighted by atomic mass is 16.4. The summed E-state index contributed by atoms with van der Waals surface area (Å²) in [6.45, 7) is 2.93. The normalized spacial score (nSPS) is 32.5. The highest BCUT2D eigenvalue weighted by Gasteiger charge is 2.30. The van der Waals surface area contributed by atoms with E-state index in [9.17, 15) is 4.79 Å². The number of aliphatic carboxylic acids is 1. The highest BCUT2D eigenvalue weighted by Crippen LogP contribution is 2.21. The van der Waals surface area contributed by atoms with E-state index >= 15 is 0 Å². The first-order chi connectivity index (χ1) is 4.62. The number of nitrogens with one attached hydrogen (secondary N) is 1. The molecule has 1 fully saturated rings. The highest BCUT2D eigenvalue weighted by molar-refractivity contribution is 5.68. The van der Waals surface area contributed by atoms with Gasteiger partial charge in [0.15, 0.2) is 0 Å². The molecule has 0 bridgehead atoms. The van der Waals surface area contributed by atoms with Crippen LogP contribution in [-0.2, 0) is 4.79 Å². The zero-order valence-electron chi connectivity index (χ0n) is 6.18. The number of rotatable bonds is 2. The molecule has 1 saturated heterocycles. The molecular weight excluding hydrogens is 130 g/mol. The molecule has 1 aliphatic heterocycles. The van der Waals surface area contributed by atoms with Gasteiger partial charge in [0.05, 0.1) is 6.42 Å². The van der Waals surface area contributed by atoms with Gasteiger partial charge in [-0.05, 0) is 26.3 Å². The molecule has 0 saturated carbocycles. The number of carboxylic acid groups (broad SMARTS) is 1. The van der Waals surface area contributed by atoms with Crippen molar-refractivity contribution in [3.05, 3.63) is 0 Å². The van der Waals surface area contributed by atoms with E-state index in [1.807, 2.05) is 6.92 Å². The Bertz CT molecular complexity index is 139. The van der Waals surface area contributed by atoms with Crippen molar-refractivity contribution in [3.63, 3.8) is 0 Å². The van der Waals surface area contributed by atoms with Crippen molar-refractivity contribution in [2.24, 2.45) is 0 Å². The first-order valence-electron chi connectivity index (χ1n) is 3.59. The predicted molar refractivity (Wildman–Crippen MR) is 37.9 cm³/mol. The van der Waals surface area contributed by atoms with Crippen molar-refractivity contribution in [1.29, 1.82) is 0 Å². The second-order valence-electron chi connectivity index (χ2n) is 3.16. The quantitative estimate of drug-likeness (QED) is 0.595. The first-order valence-corrected chi connectivity index (χ1v) is 3.59. The minimum atomic E-state index is -0.711. The molecule has 1 atom stereocenters. The number of hydrogen-bond donors (Lipinski definition) is 2. The van der Waals surface area contributed by atoms with Crippen LogP contribution in [-0.4, -0.2) is 23.2 Å². The van der Waals surface area contributed by atoms with Crippen LogP contribution in [0.4, 0.5) is 0 Å².